The fourth-order valence-electron chi connectivity index (χ4n) is 3.03. The smallest absolute Gasteiger partial charge is 0.236 e. The average molecular weight is 439 g/mol. The summed E-state index contributed by atoms with van der Waals surface area (Å²) in [5.41, 5.74) is 2.99. The Hall–Kier alpha value is -2.91. The lowest BCUT2D eigenvalue weighted by Gasteiger charge is -2.14. The van der Waals surface area contributed by atoms with Crippen LogP contribution in [0.15, 0.2) is 53.7 Å². The average Bonchev–Trinajstić information content (AvgIpc) is 3.35. The monoisotopic (exact) mass is 438 g/mol. The largest absolute Gasteiger partial charge is 0.378 e. The molecule has 0 atom stereocenters. The minimum absolute atomic E-state index is 0.110. The summed E-state index contributed by atoms with van der Waals surface area (Å²) >= 11 is 2.85. The van der Waals surface area contributed by atoms with Crippen LogP contribution in [0.2, 0.25) is 0 Å². The normalized spacial score (nSPS) is 11.0. The lowest BCUT2D eigenvalue weighted by atomic mass is 10.2. The summed E-state index contributed by atoms with van der Waals surface area (Å²) in [6.07, 6.45) is 0. The fourth-order valence-corrected chi connectivity index (χ4v) is 4.71. The number of thioether (sulfide) groups is 1. The number of carbonyl (C=O) groups excluding carboxylic acids is 1. The second-order valence-electron chi connectivity index (χ2n) is 6.82. The first-order chi connectivity index (χ1) is 14.5. The lowest BCUT2D eigenvalue weighted by Crippen LogP contribution is -2.14. The summed E-state index contributed by atoms with van der Waals surface area (Å²) in [6.45, 7) is 2.77. The molecule has 0 spiro atoms. The number of anilines is 2. The maximum Gasteiger partial charge on any atom is 0.236 e. The molecule has 0 fully saturated rings. The number of rotatable bonds is 7. The van der Waals surface area contributed by atoms with Crippen molar-refractivity contribution in [1.82, 2.24) is 19.7 Å². The second kappa shape index (κ2) is 8.85. The molecule has 1 amide bonds. The molecule has 4 aromatic rings. The minimum atomic E-state index is -0.110. The van der Waals surface area contributed by atoms with Crippen molar-refractivity contribution >= 4 is 50.0 Å². The van der Waals surface area contributed by atoms with Crippen molar-refractivity contribution in [3.05, 3.63) is 48.5 Å². The van der Waals surface area contributed by atoms with E-state index in [1.165, 1.54) is 23.1 Å². The molecule has 0 aliphatic heterocycles. The van der Waals surface area contributed by atoms with Gasteiger partial charge in [-0.3, -0.25) is 4.79 Å². The molecule has 30 heavy (non-hydrogen) atoms. The third kappa shape index (κ3) is 4.31. The predicted molar refractivity (Wildman–Crippen MR) is 124 cm³/mol. The maximum atomic E-state index is 12.4. The molecule has 2 heterocycles. The van der Waals surface area contributed by atoms with Gasteiger partial charge < -0.3 is 14.8 Å². The lowest BCUT2D eigenvalue weighted by molar-refractivity contribution is -0.113. The number of thiazole rings is 1. The zero-order valence-corrected chi connectivity index (χ0v) is 18.6. The SMILES string of the molecule is CCn1c(SCC(=O)Nc2nc3ccccc3s2)nnc1-c1cccc(N(C)C)c1. The Morgan fingerprint density at radius 1 is 1.17 bits per heavy atom. The van der Waals surface area contributed by atoms with Gasteiger partial charge in [0.05, 0.1) is 16.0 Å². The van der Waals surface area contributed by atoms with Gasteiger partial charge in [-0.15, -0.1) is 10.2 Å². The number of para-hydroxylation sites is 1. The summed E-state index contributed by atoms with van der Waals surface area (Å²) in [7, 11) is 4.02. The number of benzene rings is 2. The van der Waals surface area contributed by atoms with Crippen LogP contribution >= 0.6 is 23.1 Å². The molecule has 2 aromatic heterocycles. The molecule has 9 heteroatoms. The summed E-state index contributed by atoms with van der Waals surface area (Å²) in [4.78, 5) is 18.9. The third-order valence-corrected chi connectivity index (χ3v) is 6.45. The van der Waals surface area contributed by atoms with Gasteiger partial charge in [-0.2, -0.15) is 0 Å². The first kappa shape index (κ1) is 20.4. The molecule has 0 aliphatic rings. The van der Waals surface area contributed by atoms with Gasteiger partial charge in [0, 0.05) is 31.9 Å². The molecule has 4 rings (SSSR count). The van der Waals surface area contributed by atoms with Crippen molar-refractivity contribution in [2.45, 2.75) is 18.6 Å². The Kier molecular flexibility index (Phi) is 6.01. The van der Waals surface area contributed by atoms with E-state index in [1.807, 2.05) is 62.0 Å². The number of amides is 1. The summed E-state index contributed by atoms with van der Waals surface area (Å²) in [5.74, 6) is 0.933. The molecular weight excluding hydrogens is 416 g/mol. The number of fused-ring (bicyclic) bond motifs is 1. The van der Waals surface area contributed by atoms with E-state index in [0.717, 1.165) is 39.0 Å². The van der Waals surface area contributed by atoms with Crippen molar-refractivity contribution in [1.29, 1.82) is 0 Å². The Balaban J connectivity index is 1.46. The Morgan fingerprint density at radius 2 is 2.00 bits per heavy atom. The van der Waals surface area contributed by atoms with Crippen molar-refractivity contribution in [2.75, 3.05) is 30.1 Å². The van der Waals surface area contributed by atoms with Gasteiger partial charge >= 0.3 is 0 Å². The Bertz CT molecular complexity index is 1150. The maximum absolute atomic E-state index is 12.4. The van der Waals surface area contributed by atoms with Gasteiger partial charge in [0.25, 0.3) is 0 Å². The zero-order valence-electron chi connectivity index (χ0n) is 17.0. The van der Waals surface area contributed by atoms with Crippen LogP contribution < -0.4 is 10.2 Å². The quantitative estimate of drug-likeness (QED) is 0.432. The number of carbonyl (C=O) groups is 1. The molecule has 0 unspecified atom stereocenters. The molecule has 0 aliphatic carbocycles. The summed E-state index contributed by atoms with van der Waals surface area (Å²) < 4.78 is 3.08. The van der Waals surface area contributed by atoms with Crippen molar-refractivity contribution in [2.24, 2.45) is 0 Å². The highest BCUT2D eigenvalue weighted by atomic mass is 32.2. The minimum Gasteiger partial charge on any atom is -0.378 e. The summed E-state index contributed by atoms with van der Waals surface area (Å²) in [5, 5.41) is 12.9. The highest BCUT2D eigenvalue weighted by molar-refractivity contribution is 7.99. The van der Waals surface area contributed by atoms with Gasteiger partial charge in [0.15, 0.2) is 16.1 Å². The number of aromatic nitrogens is 4. The van der Waals surface area contributed by atoms with Crippen LogP contribution in [0.25, 0.3) is 21.6 Å². The molecule has 2 aromatic carbocycles. The Labute approximate surface area is 183 Å². The summed E-state index contributed by atoms with van der Waals surface area (Å²) in [6, 6.07) is 16.0. The van der Waals surface area contributed by atoms with Gasteiger partial charge in [0.1, 0.15) is 0 Å². The van der Waals surface area contributed by atoms with E-state index >= 15 is 0 Å². The van der Waals surface area contributed by atoms with Gasteiger partial charge in [0.2, 0.25) is 5.91 Å². The number of hydrogen-bond acceptors (Lipinski definition) is 7. The van der Waals surface area contributed by atoms with Crippen LogP contribution in [0.3, 0.4) is 0 Å². The molecule has 0 saturated carbocycles. The van der Waals surface area contributed by atoms with E-state index in [9.17, 15) is 4.79 Å². The number of hydrogen-bond donors (Lipinski definition) is 1. The van der Waals surface area contributed by atoms with E-state index in [-0.39, 0.29) is 11.7 Å². The van der Waals surface area contributed by atoms with E-state index in [2.05, 4.69) is 37.5 Å². The van der Waals surface area contributed by atoms with E-state index < -0.39 is 0 Å². The molecule has 1 N–H and O–H groups in total. The first-order valence-corrected chi connectivity index (χ1v) is 11.3. The van der Waals surface area contributed by atoms with E-state index in [4.69, 9.17) is 0 Å². The van der Waals surface area contributed by atoms with Crippen LogP contribution in [0, 0.1) is 0 Å². The van der Waals surface area contributed by atoms with E-state index in [0.29, 0.717) is 5.13 Å². The van der Waals surface area contributed by atoms with Gasteiger partial charge in [-0.05, 0) is 31.2 Å². The van der Waals surface area contributed by atoms with Crippen molar-refractivity contribution < 1.29 is 4.79 Å². The van der Waals surface area contributed by atoms with Gasteiger partial charge in [-0.1, -0.05) is 47.4 Å². The van der Waals surface area contributed by atoms with Crippen LogP contribution in [-0.2, 0) is 11.3 Å². The number of nitrogens with one attached hydrogen (secondary N) is 1. The topological polar surface area (TPSA) is 75.9 Å². The predicted octanol–water partition coefficient (Wildman–Crippen LogP) is 4.37. The highest BCUT2D eigenvalue weighted by Gasteiger charge is 2.16. The Morgan fingerprint density at radius 3 is 2.77 bits per heavy atom. The standard InChI is InChI=1S/C21H22N6OS2/c1-4-27-19(14-8-7-9-15(12-14)26(2)3)24-25-21(27)29-13-18(28)23-20-22-16-10-5-6-11-17(16)30-20/h5-12H,4,13H2,1-3H3,(H,22,23,28). The van der Waals surface area contributed by atoms with Gasteiger partial charge in [-0.25, -0.2) is 4.98 Å². The molecule has 7 nitrogen and oxygen atoms in total. The molecule has 154 valence electrons. The van der Waals surface area contributed by atoms with Crippen LogP contribution in [0.1, 0.15) is 6.92 Å². The molecule has 0 saturated heterocycles. The second-order valence-corrected chi connectivity index (χ2v) is 8.79. The third-order valence-electron chi connectivity index (χ3n) is 4.53. The van der Waals surface area contributed by atoms with Crippen LogP contribution in [0.5, 0.6) is 0 Å². The van der Waals surface area contributed by atoms with Crippen LogP contribution in [0.4, 0.5) is 10.8 Å². The number of nitrogens with zero attached hydrogens (tertiary/aromatic N) is 5. The molecular formula is C21H22N6OS2. The molecule has 0 radical (unpaired) electrons. The van der Waals surface area contributed by atoms with Crippen LogP contribution in [-0.4, -0.2) is 45.5 Å². The van der Waals surface area contributed by atoms with Crippen molar-refractivity contribution in [3.8, 4) is 11.4 Å². The van der Waals surface area contributed by atoms with E-state index in [1.54, 1.807) is 0 Å². The van der Waals surface area contributed by atoms with Crippen molar-refractivity contribution in [3.63, 3.8) is 0 Å². The fraction of sp³-hybridized carbons (Fsp3) is 0.238. The molecule has 0 bridgehead atoms. The zero-order chi connectivity index (χ0) is 21.1. The highest BCUT2D eigenvalue weighted by Crippen LogP contribution is 2.28. The first-order valence-electron chi connectivity index (χ1n) is 9.54.